The Hall–Kier alpha value is -6.97. The standard InChI is InChI=1S/C50H31N3/c1-2-12-33(13-3-1)46-31-47(34-25-23-32(24-26-34)37-19-10-14-35-15-11-29-51-48(35)37)53-49(52-46)36-27-28-41-40-18-6-9-22-44(40)50(45(41)30-36)42-20-7-4-16-38(42)39-17-5-8-21-43(39)50/h1-31H. The van der Waals surface area contributed by atoms with E-state index < -0.39 is 5.41 Å². The van der Waals surface area contributed by atoms with E-state index in [-0.39, 0.29) is 0 Å². The molecule has 0 atom stereocenters. The maximum Gasteiger partial charge on any atom is 0.160 e. The summed E-state index contributed by atoms with van der Waals surface area (Å²) in [7, 11) is 0. The molecule has 1 spiro atoms. The van der Waals surface area contributed by atoms with Crippen LogP contribution in [0.15, 0.2) is 188 Å². The predicted molar refractivity (Wildman–Crippen MR) is 215 cm³/mol. The van der Waals surface area contributed by atoms with Crippen LogP contribution in [0.25, 0.3) is 78.2 Å². The Morgan fingerprint density at radius 2 is 0.849 bits per heavy atom. The summed E-state index contributed by atoms with van der Waals surface area (Å²) in [6.45, 7) is 0. The Morgan fingerprint density at radius 1 is 0.340 bits per heavy atom. The highest BCUT2D eigenvalue weighted by atomic mass is 14.9. The van der Waals surface area contributed by atoms with E-state index in [2.05, 4.69) is 170 Å². The minimum Gasteiger partial charge on any atom is -0.256 e. The van der Waals surface area contributed by atoms with Crippen LogP contribution in [0.2, 0.25) is 0 Å². The quantitative estimate of drug-likeness (QED) is 0.187. The minimum atomic E-state index is -0.429. The third kappa shape index (κ3) is 4.38. The fraction of sp³-hybridized carbons (Fsp3) is 0.0200. The number of fused-ring (bicyclic) bond motifs is 11. The Morgan fingerprint density at radius 3 is 1.51 bits per heavy atom. The summed E-state index contributed by atoms with van der Waals surface area (Å²) >= 11 is 0. The van der Waals surface area contributed by atoms with E-state index >= 15 is 0 Å². The maximum atomic E-state index is 5.31. The molecular formula is C50H31N3. The molecule has 9 aromatic rings. The zero-order chi connectivity index (χ0) is 34.9. The molecule has 0 unspecified atom stereocenters. The highest BCUT2D eigenvalue weighted by Crippen LogP contribution is 2.63. The van der Waals surface area contributed by atoms with E-state index in [0.717, 1.165) is 50.1 Å². The number of hydrogen-bond acceptors (Lipinski definition) is 3. The van der Waals surface area contributed by atoms with E-state index in [9.17, 15) is 0 Å². The van der Waals surface area contributed by atoms with Crippen molar-refractivity contribution in [3.8, 4) is 67.3 Å². The average Bonchev–Trinajstić information content (AvgIpc) is 3.71. The van der Waals surface area contributed by atoms with Crippen molar-refractivity contribution in [2.75, 3.05) is 0 Å². The molecule has 0 aliphatic heterocycles. The van der Waals surface area contributed by atoms with E-state index in [0.29, 0.717) is 5.82 Å². The maximum absolute atomic E-state index is 5.31. The first-order valence-electron chi connectivity index (χ1n) is 18.1. The summed E-state index contributed by atoms with van der Waals surface area (Å²) < 4.78 is 0. The predicted octanol–water partition coefficient (Wildman–Crippen LogP) is 12.0. The van der Waals surface area contributed by atoms with Crippen LogP contribution in [0, 0.1) is 0 Å². The second-order valence-corrected chi connectivity index (χ2v) is 13.9. The fourth-order valence-corrected chi connectivity index (χ4v) is 8.87. The van der Waals surface area contributed by atoms with Crippen molar-refractivity contribution in [2.45, 2.75) is 5.41 Å². The Labute approximate surface area is 308 Å². The van der Waals surface area contributed by atoms with Gasteiger partial charge >= 0.3 is 0 Å². The molecule has 246 valence electrons. The molecule has 0 N–H and O–H groups in total. The summed E-state index contributed by atoms with van der Waals surface area (Å²) in [5.41, 5.74) is 18.0. The highest BCUT2D eigenvalue weighted by molar-refractivity contribution is 5.96. The topological polar surface area (TPSA) is 38.7 Å². The molecule has 0 fully saturated rings. The smallest absolute Gasteiger partial charge is 0.160 e. The SMILES string of the molecule is c1ccc(-c2cc(-c3ccc(-c4cccc5cccnc45)cc3)nc(-c3ccc4c(c3)C3(c5ccccc5-c5ccccc53)c3ccccc3-4)n2)cc1. The van der Waals surface area contributed by atoms with E-state index in [1.165, 1.54) is 44.5 Å². The van der Waals surface area contributed by atoms with Crippen molar-refractivity contribution in [2.24, 2.45) is 0 Å². The summed E-state index contributed by atoms with van der Waals surface area (Å²) in [5.74, 6) is 0.706. The summed E-state index contributed by atoms with van der Waals surface area (Å²) in [6.07, 6.45) is 1.86. The van der Waals surface area contributed by atoms with Gasteiger partial charge in [-0.05, 0) is 68.3 Å². The molecule has 0 bridgehead atoms. The molecule has 0 saturated heterocycles. The number of hydrogen-bond donors (Lipinski definition) is 0. The summed E-state index contributed by atoms with van der Waals surface area (Å²) in [6, 6.07) is 65.2. The van der Waals surface area contributed by atoms with Gasteiger partial charge in [0.15, 0.2) is 5.82 Å². The summed E-state index contributed by atoms with van der Waals surface area (Å²) in [5, 5.41) is 1.13. The second kappa shape index (κ2) is 11.5. The van der Waals surface area contributed by atoms with Crippen LogP contribution in [-0.2, 0) is 5.41 Å². The number of rotatable bonds is 4. The first kappa shape index (κ1) is 29.7. The van der Waals surface area contributed by atoms with Crippen molar-refractivity contribution in [3.05, 3.63) is 210 Å². The molecule has 2 aliphatic carbocycles. The first-order chi connectivity index (χ1) is 26.3. The molecule has 53 heavy (non-hydrogen) atoms. The number of aromatic nitrogens is 3. The van der Waals surface area contributed by atoms with Crippen molar-refractivity contribution in [1.29, 1.82) is 0 Å². The summed E-state index contributed by atoms with van der Waals surface area (Å²) in [4.78, 5) is 15.3. The number of nitrogens with zero attached hydrogens (tertiary/aromatic N) is 3. The van der Waals surface area contributed by atoms with E-state index in [1.807, 2.05) is 18.3 Å². The van der Waals surface area contributed by atoms with Gasteiger partial charge in [-0.2, -0.15) is 0 Å². The molecule has 2 heterocycles. The largest absolute Gasteiger partial charge is 0.256 e. The third-order valence-corrected chi connectivity index (χ3v) is 11.2. The van der Waals surface area contributed by atoms with Gasteiger partial charge in [0.05, 0.1) is 22.3 Å². The molecule has 2 aliphatic rings. The van der Waals surface area contributed by atoms with Gasteiger partial charge in [0.2, 0.25) is 0 Å². The molecule has 0 saturated carbocycles. The van der Waals surface area contributed by atoms with Gasteiger partial charge in [0.1, 0.15) is 0 Å². The van der Waals surface area contributed by atoms with Crippen LogP contribution in [0.5, 0.6) is 0 Å². The van der Waals surface area contributed by atoms with Crippen molar-refractivity contribution < 1.29 is 0 Å². The minimum absolute atomic E-state index is 0.429. The van der Waals surface area contributed by atoms with Crippen LogP contribution in [-0.4, -0.2) is 15.0 Å². The highest BCUT2D eigenvalue weighted by Gasteiger charge is 2.51. The Bertz CT molecular complexity index is 2820. The lowest BCUT2D eigenvalue weighted by Gasteiger charge is -2.30. The lowest BCUT2D eigenvalue weighted by molar-refractivity contribution is 0.794. The van der Waals surface area contributed by atoms with Crippen LogP contribution < -0.4 is 0 Å². The van der Waals surface area contributed by atoms with Crippen LogP contribution in [0.3, 0.4) is 0 Å². The molecule has 0 amide bonds. The average molecular weight is 674 g/mol. The van der Waals surface area contributed by atoms with Gasteiger partial charge in [-0.3, -0.25) is 4.98 Å². The van der Waals surface area contributed by atoms with Crippen molar-refractivity contribution in [1.82, 2.24) is 15.0 Å². The van der Waals surface area contributed by atoms with E-state index in [1.54, 1.807) is 0 Å². The molecule has 11 rings (SSSR count). The van der Waals surface area contributed by atoms with Crippen molar-refractivity contribution >= 4 is 10.9 Å². The normalized spacial score (nSPS) is 13.1. The van der Waals surface area contributed by atoms with Crippen LogP contribution in [0.4, 0.5) is 0 Å². The van der Waals surface area contributed by atoms with Gasteiger partial charge in [-0.15, -0.1) is 0 Å². The van der Waals surface area contributed by atoms with Crippen LogP contribution >= 0.6 is 0 Å². The zero-order valence-electron chi connectivity index (χ0n) is 28.7. The lowest BCUT2D eigenvalue weighted by atomic mass is 9.70. The molecule has 0 radical (unpaired) electrons. The van der Waals surface area contributed by atoms with Gasteiger partial charge < -0.3 is 0 Å². The molecule has 3 heteroatoms. The number of pyridine rings is 1. The van der Waals surface area contributed by atoms with Gasteiger partial charge in [-0.1, -0.05) is 164 Å². The lowest BCUT2D eigenvalue weighted by Crippen LogP contribution is -2.25. The Balaban J connectivity index is 1.10. The fourth-order valence-electron chi connectivity index (χ4n) is 8.87. The van der Waals surface area contributed by atoms with Gasteiger partial charge in [-0.25, -0.2) is 9.97 Å². The molecule has 2 aromatic heterocycles. The monoisotopic (exact) mass is 673 g/mol. The molecule has 3 nitrogen and oxygen atoms in total. The zero-order valence-corrected chi connectivity index (χ0v) is 28.7. The number of para-hydroxylation sites is 1. The molecule has 7 aromatic carbocycles. The molecular weight excluding hydrogens is 643 g/mol. The van der Waals surface area contributed by atoms with Crippen LogP contribution in [0.1, 0.15) is 22.3 Å². The van der Waals surface area contributed by atoms with Gasteiger partial charge in [0.25, 0.3) is 0 Å². The van der Waals surface area contributed by atoms with E-state index in [4.69, 9.17) is 15.0 Å². The first-order valence-corrected chi connectivity index (χ1v) is 18.1. The number of benzene rings is 7. The Kier molecular flexibility index (Phi) is 6.47. The van der Waals surface area contributed by atoms with Crippen molar-refractivity contribution in [3.63, 3.8) is 0 Å². The van der Waals surface area contributed by atoms with Gasteiger partial charge in [0, 0.05) is 33.8 Å². The second-order valence-electron chi connectivity index (χ2n) is 13.9. The third-order valence-electron chi connectivity index (χ3n) is 11.2.